The number of benzene rings is 1. The lowest BCUT2D eigenvalue weighted by Gasteiger charge is -2.39. The standard InChI is InChI=1S/C21H25F5N2O2/c1-3-9-28(12(2)29)15(21(30)27-11-13-7-5-4-6-8-13)10-14-16(22)18(24)20(26)19(25)17(14)23/h3-8,14-20H,1,9-11H2,2H3,(H,27,30)/t14?,15?,16-,17+,18-,19+,20?. The van der Waals surface area contributed by atoms with Crippen LogP contribution in [0.3, 0.4) is 0 Å². The number of carbonyl (C=O) groups excluding carboxylic acids is 2. The van der Waals surface area contributed by atoms with Crippen LogP contribution in [0.2, 0.25) is 0 Å². The molecular formula is C21H25F5N2O2. The van der Waals surface area contributed by atoms with Crippen LogP contribution in [0.1, 0.15) is 18.9 Å². The van der Waals surface area contributed by atoms with Crippen LogP contribution in [0.5, 0.6) is 0 Å². The van der Waals surface area contributed by atoms with Crippen LogP contribution < -0.4 is 5.32 Å². The predicted molar refractivity (Wildman–Crippen MR) is 102 cm³/mol. The number of nitrogens with one attached hydrogen (secondary N) is 1. The Kier molecular flexibility index (Phi) is 8.37. The summed E-state index contributed by atoms with van der Waals surface area (Å²) in [5.74, 6) is -3.27. The molecule has 1 aliphatic carbocycles. The molecule has 0 aromatic heterocycles. The van der Waals surface area contributed by atoms with E-state index in [2.05, 4.69) is 11.9 Å². The van der Waals surface area contributed by atoms with Crippen molar-refractivity contribution >= 4 is 11.8 Å². The van der Waals surface area contributed by atoms with Gasteiger partial charge in [-0.2, -0.15) is 0 Å². The van der Waals surface area contributed by atoms with Gasteiger partial charge < -0.3 is 10.2 Å². The average Bonchev–Trinajstić information content (AvgIpc) is 2.74. The molecule has 7 atom stereocenters. The molecule has 9 heteroatoms. The van der Waals surface area contributed by atoms with Gasteiger partial charge in [0.1, 0.15) is 18.4 Å². The Morgan fingerprint density at radius 3 is 2.07 bits per heavy atom. The van der Waals surface area contributed by atoms with Gasteiger partial charge in [0.2, 0.25) is 11.8 Å². The maximum absolute atomic E-state index is 14.4. The van der Waals surface area contributed by atoms with Crippen LogP contribution in [0.25, 0.3) is 0 Å². The van der Waals surface area contributed by atoms with E-state index < -0.39 is 61.1 Å². The van der Waals surface area contributed by atoms with Gasteiger partial charge in [-0.05, 0) is 12.0 Å². The van der Waals surface area contributed by atoms with Crippen molar-refractivity contribution in [2.45, 2.75) is 56.8 Å². The van der Waals surface area contributed by atoms with E-state index in [-0.39, 0.29) is 13.1 Å². The Morgan fingerprint density at radius 1 is 1.03 bits per heavy atom. The highest BCUT2D eigenvalue weighted by atomic mass is 19.2. The minimum atomic E-state index is -2.92. The summed E-state index contributed by atoms with van der Waals surface area (Å²) >= 11 is 0. The Bertz CT molecular complexity index is 719. The number of alkyl halides is 5. The molecule has 1 aromatic rings. The minimum Gasteiger partial charge on any atom is -0.350 e. The van der Waals surface area contributed by atoms with Gasteiger partial charge in [-0.1, -0.05) is 36.4 Å². The molecule has 0 heterocycles. The first kappa shape index (κ1) is 23.8. The highest BCUT2D eigenvalue weighted by Gasteiger charge is 2.54. The molecule has 0 radical (unpaired) electrons. The molecule has 1 aliphatic rings. The fraction of sp³-hybridized carbons (Fsp3) is 0.524. The predicted octanol–water partition coefficient (Wildman–Crippen LogP) is 3.42. The second-order valence-corrected chi connectivity index (χ2v) is 7.30. The van der Waals surface area contributed by atoms with E-state index in [1.807, 2.05) is 0 Å². The molecule has 0 saturated heterocycles. The number of nitrogens with zero attached hydrogens (tertiary/aromatic N) is 1. The SMILES string of the molecule is C=CCN(C(C)=O)C(CC1[C@@H](F)[C@@H](F)C(F)[C@@H](F)[C@H]1F)C(=O)NCc1ccccc1. The lowest BCUT2D eigenvalue weighted by Crippen LogP contribution is -2.57. The summed E-state index contributed by atoms with van der Waals surface area (Å²) in [5.41, 5.74) is 0.736. The summed E-state index contributed by atoms with van der Waals surface area (Å²) in [6.07, 6.45) is -13.3. The van der Waals surface area contributed by atoms with Crippen LogP contribution >= 0.6 is 0 Å². The van der Waals surface area contributed by atoms with Gasteiger partial charge >= 0.3 is 0 Å². The van der Waals surface area contributed by atoms with Crippen molar-refractivity contribution in [2.75, 3.05) is 6.54 Å². The Morgan fingerprint density at radius 2 is 1.57 bits per heavy atom. The molecule has 0 bridgehead atoms. The van der Waals surface area contributed by atoms with Crippen LogP contribution in [-0.2, 0) is 16.1 Å². The second kappa shape index (κ2) is 10.5. The molecule has 2 rings (SSSR count). The second-order valence-electron chi connectivity index (χ2n) is 7.30. The summed E-state index contributed by atoms with van der Waals surface area (Å²) in [5, 5.41) is 2.57. The summed E-state index contributed by atoms with van der Waals surface area (Å²) in [4.78, 5) is 25.9. The van der Waals surface area contributed by atoms with Crippen molar-refractivity contribution in [2.24, 2.45) is 5.92 Å². The zero-order chi connectivity index (χ0) is 22.4. The van der Waals surface area contributed by atoms with Crippen molar-refractivity contribution in [3.05, 3.63) is 48.6 Å². The van der Waals surface area contributed by atoms with Gasteiger partial charge in [-0.15, -0.1) is 6.58 Å². The maximum Gasteiger partial charge on any atom is 0.243 e. The zero-order valence-corrected chi connectivity index (χ0v) is 16.5. The normalized spacial score (nSPS) is 29.7. The number of rotatable bonds is 8. The van der Waals surface area contributed by atoms with Gasteiger partial charge in [0, 0.05) is 25.9 Å². The van der Waals surface area contributed by atoms with Crippen molar-refractivity contribution in [3.63, 3.8) is 0 Å². The molecule has 0 aliphatic heterocycles. The quantitative estimate of drug-likeness (QED) is 0.506. The first-order valence-electron chi connectivity index (χ1n) is 9.59. The fourth-order valence-electron chi connectivity index (χ4n) is 3.59. The number of hydrogen-bond acceptors (Lipinski definition) is 2. The lowest BCUT2D eigenvalue weighted by molar-refractivity contribution is -0.142. The highest BCUT2D eigenvalue weighted by molar-refractivity contribution is 5.87. The Balaban J connectivity index is 2.25. The van der Waals surface area contributed by atoms with Gasteiger partial charge in [0.05, 0.1) is 0 Å². The van der Waals surface area contributed by atoms with Crippen molar-refractivity contribution < 1.29 is 31.5 Å². The fourth-order valence-corrected chi connectivity index (χ4v) is 3.59. The molecule has 2 amide bonds. The number of halogens is 5. The van der Waals surface area contributed by atoms with E-state index in [0.717, 1.165) is 17.4 Å². The summed E-state index contributed by atoms with van der Waals surface area (Å²) in [6.45, 7) is 4.58. The molecule has 1 aromatic carbocycles. The Hall–Kier alpha value is -2.45. The number of hydrogen-bond donors (Lipinski definition) is 1. The third-order valence-corrected chi connectivity index (χ3v) is 5.25. The van der Waals surface area contributed by atoms with Gasteiger partial charge in [-0.25, -0.2) is 22.0 Å². The van der Waals surface area contributed by atoms with E-state index in [1.165, 1.54) is 6.08 Å². The third kappa shape index (κ3) is 5.37. The zero-order valence-electron chi connectivity index (χ0n) is 16.5. The van der Waals surface area contributed by atoms with Gasteiger partial charge in [0.15, 0.2) is 18.5 Å². The molecule has 1 fully saturated rings. The van der Waals surface area contributed by atoms with Gasteiger partial charge in [-0.3, -0.25) is 9.59 Å². The molecule has 166 valence electrons. The van der Waals surface area contributed by atoms with Crippen molar-refractivity contribution in [3.8, 4) is 0 Å². The van der Waals surface area contributed by atoms with E-state index in [0.29, 0.717) is 0 Å². The monoisotopic (exact) mass is 432 g/mol. The van der Waals surface area contributed by atoms with Crippen molar-refractivity contribution in [1.82, 2.24) is 10.2 Å². The molecule has 1 N–H and O–H groups in total. The summed E-state index contributed by atoms with van der Waals surface area (Å²) in [7, 11) is 0. The Labute approximate surface area is 172 Å². The smallest absolute Gasteiger partial charge is 0.243 e. The maximum atomic E-state index is 14.4. The highest BCUT2D eigenvalue weighted by Crippen LogP contribution is 2.38. The molecule has 0 spiro atoms. The molecule has 3 unspecified atom stereocenters. The summed E-state index contributed by atoms with van der Waals surface area (Å²) < 4.78 is 69.8. The van der Waals surface area contributed by atoms with Crippen LogP contribution in [0.15, 0.2) is 43.0 Å². The van der Waals surface area contributed by atoms with E-state index in [1.54, 1.807) is 30.3 Å². The average molecular weight is 432 g/mol. The number of carbonyl (C=O) groups is 2. The van der Waals surface area contributed by atoms with E-state index in [9.17, 15) is 31.5 Å². The minimum absolute atomic E-state index is 0.0722. The van der Waals surface area contributed by atoms with Crippen LogP contribution in [0, 0.1) is 5.92 Å². The topological polar surface area (TPSA) is 49.4 Å². The lowest BCUT2D eigenvalue weighted by atomic mass is 9.78. The molecular weight excluding hydrogens is 407 g/mol. The molecule has 1 saturated carbocycles. The largest absolute Gasteiger partial charge is 0.350 e. The van der Waals surface area contributed by atoms with E-state index in [4.69, 9.17) is 0 Å². The third-order valence-electron chi connectivity index (χ3n) is 5.25. The first-order chi connectivity index (χ1) is 14.2. The van der Waals surface area contributed by atoms with Crippen molar-refractivity contribution in [1.29, 1.82) is 0 Å². The molecule has 30 heavy (non-hydrogen) atoms. The first-order valence-corrected chi connectivity index (χ1v) is 9.59. The van der Waals surface area contributed by atoms with Gasteiger partial charge in [0.25, 0.3) is 0 Å². The van der Waals surface area contributed by atoms with Crippen LogP contribution in [-0.4, -0.2) is 60.2 Å². The number of amides is 2. The van der Waals surface area contributed by atoms with E-state index >= 15 is 0 Å². The van der Waals surface area contributed by atoms with Crippen LogP contribution in [0.4, 0.5) is 22.0 Å². The summed E-state index contributed by atoms with van der Waals surface area (Å²) in [6, 6.07) is 7.33. The molecule has 4 nitrogen and oxygen atoms in total.